The van der Waals surface area contributed by atoms with Gasteiger partial charge in [0.25, 0.3) is 11.5 Å². The van der Waals surface area contributed by atoms with Crippen LogP contribution in [0.15, 0.2) is 48.5 Å². The second-order valence-corrected chi connectivity index (χ2v) is 5.80. The summed E-state index contributed by atoms with van der Waals surface area (Å²) in [6.07, 6.45) is -5.31. The number of nitrogens with zero attached hydrogens (tertiary/aromatic N) is 1. The summed E-state index contributed by atoms with van der Waals surface area (Å²) in [5, 5.41) is 9.97. The molecule has 0 saturated carbocycles. The Balaban J connectivity index is 2.39. The van der Waals surface area contributed by atoms with Crippen LogP contribution in [0.4, 0.5) is 23.2 Å². The quantitative estimate of drug-likeness (QED) is 0.618. The van der Waals surface area contributed by atoms with Crippen LogP contribution in [0.2, 0.25) is 0 Å². The molecule has 0 aliphatic rings. The van der Waals surface area contributed by atoms with E-state index in [9.17, 15) is 32.3 Å². The minimum absolute atomic E-state index is 0.177. The summed E-state index contributed by atoms with van der Waals surface area (Å²) in [6.45, 7) is 1.83. The number of hydrogen-bond donors (Lipinski definition) is 1. The molecule has 0 saturated heterocycles. The molecule has 1 amide bonds. The van der Waals surface area contributed by atoms with E-state index >= 15 is 0 Å². The molecule has 28 heavy (non-hydrogen) atoms. The molecule has 0 fully saturated rings. The Morgan fingerprint density at radius 1 is 1.04 bits per heavy atom. The van der Waals surface area contributed by atoms with E-state index in [4.69, 9.17) is 0 Å². The van der Waals surface area contributed by atoms with E-state index in [2.05, 4.69) is 4.74 Å². The topological polar surface area (TPSA) is 66.8 Å². The summed E-state index contributed by atoms with van der Waals surface area (Å²) in [5.41, 5.74) is -4.16. The zero-order chi connectivity index (χ0) is 21.1. The molecular formula is C19H17F4NO4. The van der Waals surface area contributed by atoms with E-state index in [1.54, 1.807) is 6.92 Å². The number of aliphatic hydroxyl groups is 1. The fourth-order valence-corrected chi connectivity index (χ4v) is 2.62. The Morgan fingerprint density at radius 3 is 2.00 bits per heavy atom. The van der Waals surface area contributed by atoms with Gasteiger partial charge in [0.05, 0.1) is 7.11 Å². The highest BCUT2D eigenvalue weighted by Gasteiger charge is 2.62. The molecule has 150 valence electrons. The van der Waals surface area contributed by atoms with Crippen molar-refractivity contribution in [1.82, 2.24) is 0 Å². The van der Waals surface area contributed by atoms with Crippen LogP contribution < -0.4 is 4.90 Å². The Kier molecular flexibility index (Phi) is 6.08. The zero-order valence-corrected chi connectivity index (χ0v) is 15.0. The maximum Gasteiger partial charge on any atom is 0.432 e. The van der Waals surface area contributed by atoms with E-state index in [1.807, 2.05) is 0 Å². The monoisotopic (exact) mass is 399 g/mol. The zero-order valence-electron chi connectivity index (χ0n) is 15.0. The summed E-state index contributed by atoms with van der Waals surface area (Å²) in [6, 6.07) is 8.91. The average Bonchev–Trinajstić information content (AvgIpc) is 2.67. The molecule has 0 aliphatic heterocycles. The summed E-state index contributed by atoms with van der Waals surface area (Å²) in [7, 11) is 0.730. The van der Waals surface area contributed by atoms with Crippen molar-refractivity contribution in [3.8, 4) is 0 Å². The number of ether oxygens (including phenoxy) is 1. The first-order valence-corrected chi connectivity index (χ1v) is 8.11. The van der Waals surface area contributed by atoms with Crippen molar-refractivity contribution in [2.75, 3.05) is 18.6 Å². The van der Waals surface area contributed by atoms with Gasteiger partial charge in [-0.25, -0.2) is 9.18 Å². The normalized spacial score (nSPS) is 13.5. The van der Waals surface area contributed by atoms with Crippen LogP contribution in [-0.2, 0) is 15.1 Å². The van der Waals surface area contributed by atoms with E-state index in [-0.39, 0.29) is 17.8 Å². The standard InChI is InChI=1S/C19H17F4NO4/c1-3-24(16(25)12-4-8-14(20)9-5-12)15-10-6-13(7-11-15)18(27,17(26)28-2)19(21,22)23/h4-11,27H,3H2,1-2H3. The van der Waals surface area contributed by atoms with Gasteiger partial charge in [-0.15, -0.1) is 0 Å². The van der Waals surface area contributed by atoms with Gasteiger partial charge < -0.3 is 14.7 Å². The molecule has 2 rings (SSSR count). The number of rotatable bonds is 5. The van der Waals surface area contributed by atoms with Gasteiger partial charge in [0.2, 0.25) is 0 Å². The molecule has 2 aromatic carbocycles. The van der Waals surface area contributed by atoms with E-state index in [0.29, 0.717) is 0 Å². The van der Waals surface area contributed by atoms with Gasteiger partial charge in [-0.1, -0.05) is 12.1 Å². The van der Waals surface area contributed by atoms with Crippen molar-refractivity contribution >= 4 is 17.6 Å². The molecule has 1 unspecified atom stereocenters. The molecule has 2 aromatic rings. The number of hydrogen-bond acceptors (Lipinski definition) is 4. The van der Waals surface area contributed by atoms with Crippen molar-refractivity contribution in [3.05, 3.63) is 65.5 Å². The Bertz CT molecular complexity index is 850. The molecule has 0 heterocycles. The number of esters is 1. The highest BCUT2D eigenvalue weighted by atomic mass is 19.4. The molecule has 0 spiro atoms. The van der Waals surface area contributed by atoms with Gasteiger partial charge in [0.15, 0.2) is 0 Å². The fraction of sp³-hybridized carbons (Fsp3) is 0.263. The Morgan fingerprint density at radius 2 is 1.57 bits per heavy atom. The summed E-state index contributed by atoms with van der Waals surface area (Å²) in [4.78, 5) is 25.4. The largest absolute Gasteiger partial charge is 0.466 e. The molecule has 0 aliphatic carbocycles. The van der Waals surface area contributed by atoms with Crippen molar-refractivity contribution in [1.29, 1.82) is 0 Å². The molecule has 1 N–H and O–H groups in total. The van der Waals surface area contributed by atoms with Crippen LogP contribution in [0.25, 0.3) is 0 Å². The second-order valence-electron chi connectivity index (χ2n) is 5.80. The molecule has 5 nitrogen and oxygen atoms in total. The number of halogens is 4. The molecule has 0 aromatic heterocycles. The van der Waals surface area contributed by atoms with Gasteiger partial charge in [0, 0.05) is 23.4 Å². The van der Waals surface area contributed by atoms with Gasteiger partial charge in [0.1, 0.15) is 5.82 Å². The van der Waals surface area contributed by atoms with E-state index < -0.39 is 35.0 Å². The first-order chi connectivity index (χ1) is 13.1. The number of benzene rings is 2. The van der Waals surface area contributed by atoms with Crippen molar-refractivity contribution in [2.24, 2.45) is 0 Å². The minimum Gasteiger partial charge on any atom is -0.466 e. The van der Waals surface area contributed by atoms with Crippen LogP contribution in [0.5, 0.6) is 0 Å². The Hall–Kier alpha value is -2.94. The van der Waals surface area contributed by atoms with Crippen LogP contribution in [0.3, 0.4) is 0 Å². The number of amides is 1. The van der Waals surface area contributed by atoms with Crippen LogP contribution in [0.1, 0.15) is 22.8 Å². The highest BCUT2D eigenvalue weighted by Crippen LogP contribution is 2.40. The number of carbonyl (C=O) groups is 2. The molecule has 0 radical (unpaired) electrons. The predicted molar refractivity (Wildman–Crippen MR) is 92.2 cm³/mol. The first kappa shape index (κ1) is 21.4. The SMILES string of the molecule is CCN(C(=O)c1ccc(F)cc1)c1ccc(C(O)(C(=O)OC)C(F)(F)F)cc1. The molecule has 1 atom stereocenters. The summed E-state index contributed by atoms with van der Waals surface area (Å²) >= 11 is 0. The lowest BCUT2D eigenvalue weighted by Gasteiger charge is -2.28. The predicted octanol–water partition coefficient (Wildman–Crippen LogP) is 3.42. The number of anilines is 1. The van der Waals surface area contributed by atoms with Gasteiger partial charge >= 0.3 is 12.1 Å². The van der Waals surface area contributed by atoms with Gasteiger partial charge in [-0.2, -0.15) is 13.2 Å². The summed E-state index contributed by atoms with van der Waals surface area (Å²) < 4.78 is 57.0. The van der Waals surface area contributed by atoms with E-state index in [0.717, 1.165) is 31.4 Å². The van der Waals surface area contributed by atoms with Crippen molar-refractivity contribution in [3.63, 3.8) is 0 Å². The number of alkyl halides is 3. The molecular weight excluding hydrogens is 382 g/mol. The maximum absolute atomic E-state index is 13.3. The summed E-state index contributed by atoms with van der Waals surface area (Å²) in [5.74, 6) is -2.88. The average molecular weight is 399 g/mol. The second kappa shape index (κ2) is 7.97. The third-order valence-electron chi connectivity index (χ3n) is 4.14. The van der Waals surface area contributed by atoms with Crippen molar-refractivity contribution < 1.29 is 37.0 Å². The van der Waals surface area contributed by atoms with E-state index in [1.165, 1.54) is 29.2 Å². The Labute approximate surface area is 158 Å². The number of methoxy groups -OCH3 is 1. The third kappa shape index (κ3) is 3.84. The number of carbonyl (C=O) groups excluding carboxylic acids is 2. The van der Waals surface area contributed by atoms with Gasteiger partial charge in [-0.3, -0.25) is 4.79 Å². The minimum atomic E-state index is -5.31. The highest BCUT2D eigenvalue weighted by molar-refractivity contribution is 6.06. The maximum atomic E-state index is 13.3. The van der Waals surface area contributed by atoms with Gasteiger partial charge in [-0.05, 0) is 43.3 Å². The third-order valence-corrected chi connectivity index (χ3v) is 4.14. The fourth-order valence-electron chi connectivity index (χ4n) is 2.62. The van der Waals surface area contributed by atoms with Crippen LogP contribution >= 0.6 is 0 Å². The lowest BCUT2D eigenvalue weighted by Crippen LogP contribution is -2.49. The lowest BCUT2D eigenvalue weighted by atomic mass is 9.93. The van der Waals surface area contributed by atoms with Crippen LogP contribution in [-0.4, -0.2) is 36.8 Å². The van der Waals surface area contributed by atoms with Crippen molar-refractivity contribution in [2.45, 2.75) is 18.7 Å². The smallest absolute Gasteiger partial charge is 0.432 e. The molecule has 0 bridgehead atoms. The lowest BCUT2D eigenvalue weighted by molar-refractivity contribution is -0.266. The molecule has 9 heteroatoms. The van der Waals surface area contributed by atoms with Crippen LogP contribution in [0, 0.1) is 5.82 Å². The first-order valence-electron chi connectivity index (χ1n) is 8.11.